The van der Waals surface area contributed by atoms with Crippen molar-refractivity contribution in [2.45, 2.75) is 32.2 Å². The molecule has 1 fully saturated rings. The van der Waals surface area contributed by atoms with Crippen LogP contribution in [0.25, 0.3) is 0 Å². The van der Waals surface area contributed by atoms with Crippen molar-refractivity contribution >= 4 is 24.2 Å². The summed E-state index contributed by atoms with van der Waals surface area (Å²) in [5.41, 5.74) is 3.83. The molecule has 1 amide bonds. The first-order chi connectivity index (χ1) is 15.6. The summed E-state index contributed by atoms with van der Waals surface area (Å²) in [6, 6.07) is 10.6. The number of rotatable bonds is 6. The Bertz CT molecular complexity index is 903. The van der Waals surface area contributed by atoms with Gasteiger partial charge in [-0.25, -0.2) is 4.39 Å². The molecule has 0 radical (unpaired) electrons. The van der Waals surface area contributed by atoms with Gasteiger partial charge in [-0.2, -0.15) is 12.6 Å². The van der Waals surface area contributed by atoms with Crippen LogP contribution in [0.15, 0.2) is 36.4 Å². The average molecular weight is 460 g/mol. The molecule has 0 spiro atoms. The van der Waals surface area contributed by atoms with E-state index in [1.54, 1.807) is 19.4 Å². The van der Waals surface area contributed by atoms with E-state index in [0.29, 0.717) is 23.8 Å². The summed E-state index contributed by atoms with van der Waals surface area (Å²) in [6.45, 7) is 4.28. The molecular formula is C25H34FN3O2S. The van der Waals surface area contributed by atoms with Crippen LogP contribution in [0.2, 0.25) is 0 Å². The Kier molecular flexibility index (Phi) is 9.23. The van der Waals surface area contributed by atoms with Crippen LogP contribution in [0.1, 0.15) is 40.7 Å². The Morgan fingerprint density at radius 3 is 2.75 bits per heavy atom. The fourth-order valence-electron chi connectivity index (χ4n) is 4.48. The highest BCUT2D eigenvalue weighted by atomic mass is 32.1. The van der Waals surface area contributed by atoms with Gasteiger partial charge < -0.3 is 20.3 Å². The van der Waals surface area contributed by atoms with Gasteiger partial charge in [0.2, 0.25) is 0 Å². The van der Waals surface area contributed by atoms with Crippen molar-refractivity contribution < 1.29 is 13.9 Å². The quantitative estimate of drug-likeness (QED) is 0.570. The second kappa shape index (κ2) is 12.1. The molecule has 4 rings (SSSR count). The molecule has 2 aliphatic heterocycles. The number of carbonyl (C=O) groups excluding carboxylic acids is 1. The van der Waals surface area contributed by atoms with Gasteiger partial charge in [0.15, 0.2) is 0 Å². The molecule has 0 bridgehead atoms. The lowest BCUT2D eigenvalue weighted by Gasteiger charge is -2.32. The number of benzene rings is 2. The first kappa shape index (κ1) is 24.4. The molecule has 2 heterocycles. The van der Waals surface area contributed by atoms with Gasteiger partial charge in [0.1, 0.15) is 11.6 Å². The third-order valence-electron chi connectivity index (χ3n) is 6.17. The molecule has 2 aromatic rings. The van der Waals surface area contributed by atoms with Crippen LogP contribution >= 0.6 is 12.6 Å². The van der Waals surface area contributed by atoms with Gasteiger partial charge in [-0.3, -0.25) is 4.79 Å². The van der Waals surface area contributed by atoms with Crippen molar-refractivity contribution in [1.82, 2.24) is 10.6 Å². The van der Waals surface area contributed by atoms with Crippen LogP contribution in [-0.2, 0) is 13.0 Å². The number of halogens is 1. The normalized spacial score (nSPS) is 15.9. The zero-order valence-corrected chi connectivity index (χ0v) is 19.9. The standard InChI is InChI=1S/C24H30FN3O2.CH4S/c1-30-23-7-5-21(25)14-20(23)16-28-12-2-3-18-13-19(4-6-22(18)28)24(29)27-15-17-8-10-26-11-9-17;1-2/h4-7,13-14,17,26H,2-3,8-12,15-16H2,1H3,(H,27,29);2H,1H3. The number of thiol groups is 1. The lowest BCUT2D eigenvalue weighted by Crippen LogP contribution is -2.36. The van der Waals surface area contributed by atoms with Crippen LogP contribution in [0.3, 0.4) is 0 Å². The third-order valence-corrected chi connectivity index (χ3v) is 6.17. The highest BCUT2D eigenvalue weighted by Gasteiger charge is 2.21. The molecule has 7 heteroatoms. The smallest absolute Gasteiger partial charge is 0.251 e. The summed E-state index contributed by atoms with van der Waals surface area (Å²) in [6.07, 6.45) is 5.87. The zero-order chi connectivity index (χ0) is 22.9. The van der Waals surface area contributed by atoms with Crippen LogP contribution in [0, 0.1) is 11.7 Å². The van der Waals surface area contributed by atoms with E-state index >= 15 is 0 Å². The van der Waals surface area contributed by atoms with Gasteiger partial charge >= 0.3 is 0 Å². The molecule has 2 aliphatic rings. The number of carbonyl (C=O) groups is 1. The number of nitrogens with zero attached hydrogens (tertiary/aromatic N) is 1. The third kappa shape index (κ3) is 6.17. The summed E-state index contributed by atoms with van der Waals surface area (Å²) in [5, 5.41) is 6.46. The summed E-state index contributed by atoms with van der Waals surface area (Å²) in [7, 11) is 1.61. The fraction of sp³-hybridized carbons (Fsp3) is 0.480. The average Bonchev–Trinajstić information content (AvgIpc) is 2.84. The molecule has 0 atom stereocenters. The molecular weight excluding hydrogens is 425 g/mol. The van der Waals surface area contributed by atoms with E-state index in [-0.39, 0.29) is 11.7 Å². The number of aryl methyl sites for hydroxylation is 1. The maximum atomic E-state index is 13.8. The topological polar surface area (TPSA) is 53.6 Å². The molecule has 0 aromatic heterocycles. The summed E-state index contributed by atoms with van der Waals surface area (Å²) < 4.78 is 19.2. The van der Waals surface area contributed by atoms with Gasteiger partial charge in [0.05, 0.1) is 7.11 Å². The van der Waals surface area contributed by atoms with Gasteiger partial charge in [-0.1, -0.05) is 0 Å². The number of piperidine rings is 1. The van der Waals surface area contributed by atoms with Crippen LogP contribution in [0.4, 0.5) is 10.1 Å². The van der Waals surface area contributed by atoms with E-state index < -0.39 is 0 Å². The Balaban J connectivity index is 0.00000141. The zero-order valence-electron chi connectivity index (χ0n) is 19.0. The van der Waals surface area contributed by atoms with Crippen molar-refractivity contribution in [2.75, 3.05) is 44.4 Å². The molecule has 0 saturated carbocycles. The molecule has 32 heavy (non-hydrogen) atoms. The summed E-state index contributed by atoms with van der Waals surface area (Å²) in [4.78, 5) is 14.9. The lowest BCUT2D eigenvalue weighted by atomic mass is 9.97. The maximum Gasteiger partial charge on any atom is 0.251 e. The number of fused-ring (bicyclic) bond motifs is 1. The van der Waals surface area contributed by atoms with Crippen LogP contribution < -0.4 is 20.3 Å². The molecule has 1 saturated heterocycles. The van der Waals surface area contributed by atoms with Crippen molar-refractivity contribution in [3.8, 4) is 5.75 Å². The van der Waals surface area contributed by atoms with Crippen molar-refractivity contribution in [3.63, 3.8) is 0 Å². The minimum Gasteiger partial charge on any atom is -0.496 e. The van der Waals surface area contributed by atoms with E-state index in [9.17, 15) is 9.18 Å². The van der Waals surface area contributed by atoms with E-state index in [1.807, 2.05) is 18.2 Å². The number of ether oxygens (including phenoxy) is 1. The molecule has 0 aliphatic carbocycles. The molecule has 174 valence electrons. The van der Waals surface area contributed by atoms with Crippen molar-refractivity contribution in [1.29, 1.82) is 0 Å². The predicted octanol–water partition coefficient (Wildman–Crippen LogP) is 4.06. The molecule has 2 N–H and O–H groups in total. The highest BCUT2D eigenvalue weighted by molar-refractivity contribution is 7.79. The highest BCUT2D eigenvalue weighted by Crippen LogP contribution is 2.31. The van der Waals surface area contributed by atoms with E-state index in [2.05, 4.69) is 28.2 Å². The number of hydrogen-bond acceptors (Lipinski definition) is 5. The minimum absolute atomic E-state index is 0.000237. The van der Waals surface area contributed by atoms with Crippen LogP contribution in [0.5, 0.6) is 5.75 Å². The first-order valence-corrected chi connectivity index (χ1v) is 12.2. The largest absolute Gasteiger partial charge is 0.496 e. The van der Waals surface area contributed by atoms with Gasteiger partial charge in [-0.15, -0.1) is 0 Å². The predicted molar refractivity (Wildman–Crippen MR) is 132 cm³/mol. The van der Waals surface area contributed by atoms with E-state index in [0.717, 1.165) is 63.1 Å². The van der Waals surface area contributed by atoms with Gasteiger partial charge in [-0.05, 0) is 92.9 Å². The Morgan fingerprint density at radius 2 is 2.00 bits per heavy atom. The second-order valence-electron chi connectivity index (χ2n) is 8.23. The number of amides is 1. The Morgan fingerprint density at radius 1 is 1.22 bits per heavy atom. The van der Waals surface area contributed by atoms with E-state index in [1.165, 1.54) is 17.7 Å². The molecule has 0 unspecified atom stereocenters. The van der Waals surface area contributed by atoms with Crippen molar-refractivity contribution in [2.24, 2.45) is 5.92 Å². The summed E-state index contributed by atoms with van der Waals surface area (Å²) in [5.74, 6) is 0.992. The number of nitrogens with one attached hydrogen (secondary N) is 2. The molecule has 5 nitrogen and oxygen atoms in total. The fourth-order valence-corrected chi connectivity index (χ4v) is 4.48. The lowest BCUT2D eigenvalue weighted by molar-refractivity contribution is 0.0944. The van der Waals surface area contributed by atoms with Crippen LogP contribution in [-0.4, -0.2) is 45.5 Å². The van der Waals surface area contributed by atoms with Gasteiger partial charge in [0, 0.05) is 36.4 Å². The number of methoxy groups -OCH3 is 1. The number of anilines is 1. The van der Waals surface area contributed by atoms with Crippen molar-refractivity contribution in [3.05, 3.63) is 58.9 Å². The SMILES string of the molecule is COc1ccc(F)cc1CN1CCCc2cc(C(=O)NCC3CCNCC3)ccc21.CS. The Hall–Kier alpha value is -2.25. The van der Waals surface area contributed by atoms with E-state index in [4.69, 9.17) is 4.74 Å². The first-order valence-electron chi connectivity index (χ1n) is 11.3. The Labute approximate surface area is 196 Å². The molecule has 2 aromatic carbocycles. The monoisotopic (exact) mass is 459 g/mol. The van der Waals surface area contributed by atoms with Gasteiger partial charge in [0.25, 0.3) is 5.91 Å². The number of hydrogen-bond donors (Lipinski definition) is 3. The maximum absolute atomic E-state index is 13.8. The minimum atomic E-state index is -0.260. The second-order valence-corrected chi connectivity index (χ2v) is 8.23. The summed E-state index contributed by atoms with van der Waals surface area (Å²) >= 11 is 3.53.